The zero-order valence-corrected chi connectivity index (χ0v) is 11.2. The number of rotatable bonds is 3. The van der Waals surface area contributed by atoms with Crippen LogP contribution in [0.4, 0.5) is 5.69 Å². The third-order valence-electron chi connectivity index (χ3n) is 2.38. The van der Waals surface area contributed by atoms with Crippen LogP contribution in [0.25, 0.3) is 0 Å². The van der Waals surface area contributed by atoms with Crippen molar-refractivity contribution in [1.29, 1.82) is 0 Å². The number of ketones is 1. The van der Waals surface area contributed by atoms with Gasteiger partial charge in [-0.1, -0.05) is 30.3 Å². The third-order valence-corrected chi connectivity index (χ3v) is 2.38. The number of benzene rings is 2. The van der Waals surface area contributed by atoms with Gasteiger partial charge in [-0.05, 0) is 12.1 Å². The van der Waals surface area contributed by atoms with Crippen molar-refractivity contribution < 1.29 is 14.5 Å². The molecule has 0 atom stereocenters. The van der Waals surface area contributed by atoms with Crippen LogP contribution in [0.2, 0.25) is 0 Å². The lowest BCUT2D eigenvalue weighted by atomic mass is 10.0. The van der Waals surface area contributed by atoms with Crippen molar-refractivity contribution in [3.63, 3.8) is 0 Å². The summed E-state index contributed by atoms with van der Waals surface area (Å²) in [5.41, 5.74) is 0.998. The Morgan fingerprint density at radius 1 is 0.900 bits per heavy atom. The molecule has 104 valence electrons. The summed E-state index contributed by atoms with van der Waals surface area (Å²) in [4.78, 5) is 29.9. The van der Waals surface area contributed by atoms with E-state index in [1.54, 1.807) is 24.3 Å². The van der Waals surface area contributed by atoms with Crippen molar-refractivity contribution in [2.75, 3.05) is 0 Å². The number of hydrogen-bond acceptors (Lipinski definition) is 4. The standard InChI is InChI=1S/C13H9NO3.CH2O.ClH/c15-13(10-4-2-1-3-5-10)11-6-8-12(9-7-11)14(16)17;1-2;/h1-9H;1H2;1H. The average Bonchev–Trinajstić information content (AvgIpc) is 2.49. The van der Waals surface area contributed by atoms with Crippen LogP contribution in [0, 0.1) is 10.1 Å². The average molecular weight is 294 g/mol. The first-order chi connectivity index (χ1) is 9.18. The molecule has 0 radical (unpaired) electrons. The first kappa shape index (κ1) is 17.5. The van der Waals surface area contributed by atoms with Crippen molar-refractivity contribution in [3.8, 4) is 0 Å². The van der Waals surface area contributed by atoms with E-state index in [9.17, 15) is 14.9 Å². The van der Waals surface area contributed by atoms with Crippen LogP contribution in [-0.4, -0.2) is 17.5 Å². The molecule has 2 rings (SSSR count). The Labute approximate surface area is 121 Å². The lowest BCUT2D eigenvalue weighted by Crippen LogP contribution is -2.00. The van der Waals surface area contributed by atoms with Gasteiger partial charge in [0.25, 0.3) is 5.69 Å². The Hall–Kier alpha value is -2.53. The van der Waals surface area contributed by atoms with Gasteiger partial charge in [0.1, 0.15) is 6.79 Å². The second-order valence-electron chi connectivity index (χ2n) is 3.50. The highest BCUT2D eigenvalue weighted by molar-refractivity contribution is 6.09. The second kappa shape index (κ2) is 8.55. The molecule has 0 bridgehead atoms. The summed E-state index contributed by atoms with van der Waals surface area (Å²) in [7, 11) is 0. The molecule has 0 N–H and O–H groups in total. The number of hydrogen-bond donors (Lipinski definition) is 0. The molecule has 0 saturated carbocycles. The van der Waals surface area contributed by atoms with Crippen LogP contribution in [-0.2, 0) is 4.79 Å². The molecule has 0 amide bonds. The molecule has 0 aliphatic carbocycles. The fourth-order valence-electron chi connectivity index (χ4n) is 1.49. The number of nitro benzene ring substituents is 1. The molecule has 0 fully saturated rings. The van der Waals surface area contributed by atoms with Gasteiger partial charge in [-0.3, -0.25) is 14.9 Å². The first-order valence-electron chi connectivity index (χ1n) is 5.31. The van der Waals surface area contributed by atoms with Crippen LogP contribution in [0.3, 0.4) is 0 Å². The molecule has 2 aromatic carbocycles. The van der Waals surface area contributed by atoms with Crippen molar-refractivity contribution in [3.05, 3.63) is 75.8 Å². The van der Waals surface area contributed by atoms with Crippen LogP contribution in [0.5, 0.6) is 0 Å². The van der Waals surface area contributed by atoms with Crippen molar-refractivity contribution in [2.24, 2.45) is 0 Å². The summed E-state index contributed by atoms with van der Waals surface area (Å²) in [6.07, 6.45) is 0. The predicted octanol–water partition coefficient (Wildman–Crippen LogP) is 3.06. The first-order valence-corrected chi connectivity index (χ1v) is 5.31. The highest BCUT2D eigenvalue weighted by Gasteiger charge is 2.10. The van der Waals surface area contributed by atoms with E-state index in [1.807, 2.05) is 12.9 Å². The molecule has 0 unspecified atom stereocenters. The van der Waals surface area contributed by atoms with Crippen LogP contribution in [0.15, 0.2) is 54.6 Å². The molecule has 0 aliphatic rings. The van der Waals surface area contributed by atoms with E-state index in [1.165, 1.54) is 24.3 Å². The Morgan fingerprint density at radius 3 is 1.80 bits per heavy atom. The number of halogens is 1. The molecule has 2 aromatic rings. The van der Waals surface area contributed by atoms with Crippen LogP contribution < -0.4 is 0 Å². The van der Waals surface area contributed by atoms with Gasteiger partial charge in [-0.25, -0.2) is 0 Å². The van der Waals surface area contributed by atoms with Crippen molar-refractivity contribution >= 4 is 30.7 Å². The summed E-state index contributed by atoms with van der Waals surface area (Å²) in [5.74, 6) is -0.138. The highest BCUT2D eigenvalue weighted by Crippen LogP contribution is 2.15. The fraction of sp³-hybridized carbons (Fsp3) is 0. The monoisotopic (exact) mass is 293 g/mol. The fourth-order valence-corrected chi connectivity index (χ4v) is 1.49. The van der Waals surface area contributed by atoms with Crippen molar-refractivity contribution in [1.82, 2.24) is 0 Å². The van der Waals surface area contributed by atoms with Gasteiger partial charge in [0, 0.05) is 23.3 Å². The summed E-state index contributed by atoms with van der Waals surface area (Å²) in [6.45, 7) is 2.00. The number of carbonyl (C=O) groups excluding carboxylic acids is 2. The van der Waals surface area contributed by atoms with Gasteiger partial charge in [0.05, 0.1) is 4.92 Å². The minimum atomic E-state index is -0.489. The molecule has 20 heavy (non-hydrogen) atoms. The molecular formula is C14H12ClNO4. The maximum atomic E-state index is 12.0. The summed E-state index contributed by atoms with van der Waals surface area (Å²) < 4.78 is 0. The number of non-ortho nitro benzene ring substituents is 1. The van der Waals surface area contributed by atoms with Gasteiger partial charge in [-0.2, -0.15) is 0 Å². The minimum Gasteiger partial charge on any atom is -0.307 e. The number of carbonyl (C=O) groups is 2. The molecule has 0 aliphatic heterocycles. The second-order valence-corrected chi connectivity index (χ2v) is 3.50. The van der Waals surface area contributed by atoms with E-state index in [0.29, 0.717) is 11.1 Å². The zero-order chi connectivity index (χ0) is 14.3. The van der Waals surface area contributed by atoms with E-state index in [-0.39, 0.29) is 23.9 Å². The van der Waals surface area contributed by atoms with E-state index >= 15 is 0 Å². The lowest BCUT2D eigenvalue weighted by Gasteiger charge is -2.00. The van der Waals surface area contributed by atoms with Crippen LogP contribution in [0.1, 0.15) is 15.9 Å². The largest absolute Gasteiger partial charge is 0.307 e. The highest BCUT2D eigenvalue weighted by atomic mass is 35.5. The number of nitro groups is 1. The summed E-state index contributed by atoms with van der Waals surface area (Å²) in [5, 5.41) is 10.5. The van der Waals surface area contributed by atoms with E-state index in [2.05, 4.69) is 0 Å². The van der Waals surface area contributed by atoms with Gasteiger partial charge < -0.3 is 4.79 Å². The Bertz CT molecular complexity index is 569. The SMILES string of the molecule is C=O.Cl.O=C(c1ccccc1)c1ccc([N+](=O)[O-])cc1. The molecule has 5 nitrogen and oxygen atoms in total. The van der Waals surface area contributed by atoms with Gasteiger partial charge >= 0.3 is 0 Å². The molecule has 6 heteroatoms. The Kier molecular flexibility index (Phi) is 7.47. The van der Waals surface area contributed by atoms with E-state index in [0.717, 1.165) is 0 Å². The zero-order valence-electron chi connectivity index (χ0n) is 10.4. The summed E-state index contributed by atoms with van der Waals surface area (Å²) in [6, 6.07) is 14.4. The lowest BCUT2D eigenvalue weighted by molar-refractivity contribution is -0.384. The van der Waals surface area contributed by atoms with Gasteiger partial charge in [-0.15, -0.1) is 12.4 Å². The predicted molar refractivity (Wildman–Crippen MR) is 77.3 cm³/mol. The Morgan fingerprint density at radius 2 is 1.35 bits per heavy atom. The maximum Gasteiger partial charge on any atom is 0.269 e. The molecule has 0 heterocycles. The molecule has 0 aromatic heterocycles. The van der Waals surface area contributed by atoms with E-state index in [4.69, 9.17) is 4.79 Å². The maximum absolute atomic E-state index is 12.0. The van der Waals surface area contributed by atoms with E-state index < -0.39 is 4.92 Å². The Balaban J connectivity index is 0.00000115. The molecular weight excluding hydrogens is 282 g/mol. The third kappa shape index (κ3) is 4.29. The molecule has 0 saturated heterocycles. The molecule has 0 spiro atoms. The van der Waals surface area contributed by atoms with Crippen LogP contribution >= 0.6 is 12.4 Å². The van der Waals surface area contributed by atoms with Crippen molar-refractivity contribution in [2.45, 2.75) is 0 Å². The summed E-state index contributed by atoms with van der Waals surface area (Å²) >= 11 is 0. The van der Waals surface area contributed by atoms with Gasteiger partial charge in [0.2, 0.25) is 0 Å². The topological polar surface area (TPSA) is 77.3 Å². The normalized spacial score (nSPS) is 8.60. The number of nitrogens with zero attached hydrogens (tertiary/aromatic N) is 1. The minimum absolute atomic E-state index is 0. The smallest absolute Gasteiger partial charge is 0.269 e. The quantitative estimate of drug-likeness (QED) is 0.495. The van der Waals surface area contributed by atoms with Gasteiger partial charge in [0.15, 0.2) is 5.78 Å².